The van der Waals surface area contributed by atoms with Gasteiger partial charge in [-0.1, -0.05) is 29.3 Å². The second-order valence-corrected chi connectivity index (χ2v) is 7.62. The van der Waals surface area contributed by atoms with Crippen LogP contribution >= 0.6 is 35.4 Å². The number of thiocarbonyl (C=S) groups is 1. The quantitative estimate of drug-likeness (QED) is 0.271. The van der Waals surface area contributed by atoms with Crippen molar-refractivity contribution < 1.29 is 18.0 Å². The number of anilines is 1. The average Bonchev–Trinajstić information content (AvgIpc) is 3.13. The van der Waals surface area contributed by atoms with E-state index in [1.54, 1.807) is 36.4 Å². The highest BCUT2D eigenvalue weighted by Gasteiger charge is 2.16. The first kappa shape index (κ1) is 21.2. The summed E-state index contributed by atoms with van der Waals surface area (Å²) in [4.78, 5) is 16.5. The molecular weight excluding hydrogens is 467 g/mol. The molecule has 0 atom stereocenters. The number of hydrogen-bond acceptors (Lipinski definition) is 4. The normalized spacial score (nSPS) is 10.8. The molecule has 0 aliphatic heterocycles. The first-order chi connectivity index (χ1) is 14.8. The molecule has 4 aromatic rings. The van der Waals surface area contributed by atoms with Crippen LogP contribution in [0.5, 0.6) is 0 Å². The summed E-state index contributed by atoms with van der Waals surface area (Å²) in [6.45, 7) is 0. The van der Waals surface area contributed by atoms with Crippen molar-refractivity contribution in [1.29, 1.82) is 0 Å². The second-order valence-electron chi connectivity index (χ2n) is 6.37. The van der Waals surface area contributed by atoms with Crippen molar-refractivity contribution in [3.05, 3.63) is 81.8 Å². The number of benzene rings is 3. The smallest absolute Gasteiger partial charge is 0.257 e. The molecule has 0 aliphatic rings. The summed E-state index contributed by atoms with van der Waals surface area (Å²) >= 11 is 17.1. The molecule has 1 amide bonds. The van der Waals surface area contributed by atoms with Crippen LogP contribution in [0.25, 0.3) is 22.6 Å². The Bertz CT molecular complexity index is 1340. The molecule has 0 unspecified atom stereocenters. The van der Waals surface area contributed by atoms with Gasteiger partial charge in [-0.05, 0) is 60.7 Å². The molecule has 0 saturated carbocycles. The molecule has 1 heterocycles. The van der Waals surface area contributed by atoms with E-state index in [9.17, 15) is 13.6 Å². The number of halogens is 4. The summed E-state index contributed by atoms with van der Waals surface area (Å²) in [5.74, 6) is -2.51. The summed E-state index contributed by atoms with van der Waals surface area (Å²) in [6, 6.07) is 13.1. The van der Waals surface area contributed by atoms with Gasteiger partial charge in [-0.15, -0.1) is 0 Å². The molecule has 0 bridgehead atoms. The highest BCUT2D eigenvalue weighted by atomic mass is 35.5. The first-order valence-electron chi connectivity index (χ1n) is 8.73. The molecule has 0 saturated heterocycles. The highest BCUT2D eigenvalue weighted by Crippen LogP contribution is 2.32. The number of carbonyl (C=O) groups excluding carboxylic acids is 1. The van der Waals surface area contributed by atoms with Gasteiger partial charge in [0.1, 0.15) is 5.52 Å². The fraction of sp³-hybridized carbons (Fsp3) is 0. The number of aromatic nitrogens is 1. The maximum absolute atomic E-state index is 13.6. The minimum Gasteiger partial charge on any atom is -0.436 e. The summed E-state index contributed by atoms with van der Waals surface area (Å²) in [7, 11) is 0. The third-order valence-corrected chi connectivity index (χ3v) is 4.95. The van der Waals surface area contributed by atoms with Crippen molar-refractivity contribution in [3.63, 3.8) is 0 Å². The number of rotatable bonds is 3. The van der Waals surface area contributed by atoms with Gasteiger partial charge in [0, 0.05) is 16.3 Å². The number of fused-ring (bicyclic) bond motifs is 1. The van der Waals surface area contributed by atoms with Crippen LogP contribution in [0.4, 0.5) is 14.5 Å². The third kappa shape index (κ3) is 4.66. The van der Waals surface area contributed by atoms with Crippen LogP contribution in [0.3, 0.4) is 0 Å². The fourth-order valence-electron chi connectivity index (χ4n) is 2.77. The number of hydrogen-bond donors (Lipinski definition) is 2. The van der Waals surface area contributed by atoms with Gasteiger partial charge in [0.25, 0.3) is 5.91 Å². The van der Waals surface area contributed by atoms with Crippen LogP contribution in [-0.4, -0.2) is 16.0 Å². The third-order valence-electron chi connectivity index (χ3n) is 4.20. The lowest BCUT2D eigenvalue weighted by Gasteiger charge is -2.09. The zero-order valence-electron chi connectivity index (χ0n) is 15.4. The molecule has 0 aliphatic carbocycles. The second kappa shape index (κ2) is 8.58. The van der Waals surface area contributed by atoms with E-state index < -0.39 is 17.5 Å². The Morgan fingerprint density at radius 3 is 2.58 bits per heavy atom. The van der Waals surface area contributed by atoms with Crippen LogP contribution in [0.1, 0.15) is 10.4 Å². The molecule has 10 heteroatoms. The van der Waals surface area contributed by atoms with Gasteiger partial charge in [-0.25, -0.2) is 13.8 Å². The van der Waals surface area contributed by atoms with Crippen molar-refractivity contribution in [1.82, 2.24) is 10.3 Å². The van der Waals surface area contributed by atoms with E-state index in [-0.39, 0.29) is 21.6 Å². The fourth-order valence-corrected chi connectivity index (χ4v) is 3.41. The van der Waals surface area contributed by atoms with Crippen LogP contribution in [0, 0.1) is 11.6 Å². The number of carbonyl (C=O) groups is 1. The van der Waals surface area contributed by atoms with E-state index in [4.69, 9.17) is 39.8 Å². The Morgan fingerprint density at radius 1 is 1.03 bits per heavy atom. The van der Waals surface area contributed by atoms with Gasteiger partial charge >= 0.3 is 0 Å². The average molecular weight is 478 g/mol. The standard InChI is InChI=1S/C21H11Cl2F2N3O2S/c22-11-3-1-2-10(6-11)19(29)28-21(31)26-12-4-5-18-17(7-12)27-20(30-18)13-8-15(24)16(25)9-14(13)23/h1-9H,(H2,26,28,29,31). The van der Waals surface area contributed by atoms with Crippen molar-refractivity contribution in [2.45, 2.75) is 0 Å². The molecule has 31 heavy (non-hydrogen) atoms. The Morgan fingerprint density at radius 2 is 1.81 bits per heavy atom. The van der Waals surface area contributed by atoms with Crippen molar-refractivity contribution in [2.75, 3.05) is 5.32 Å². The topological polar surface area (TPSA) is 67.2 Å². The molecule has 156 valence electrons. The number of nitrogens with zero attached hydrogens (tertiary/aromatic N) is 1. The van der Waals surface area contributed by atoms with E-state index in [1.807, 2.05) is 0 Å². The Labute approximate surface area is 190 Å². The van der Waals surface area contributed by atoms with Gasteiger partial charge in [0.05, 0.1) is 10.6 Å². The monoisotopic (exact) mass is 477 g/mol. The summed E-state index contributed by atoms with van der Waals surface area (Å²) < 4.78 is 32.5. The van der Waals surface area contributed by atoms with E-state index in [0.717, 1.165) is 12.1 Å². The van der Waals surface area contributed by atoms with Crippen LogP contribution in [0.15, 0.2) is 59.0 Å². The van der Waals surface area contributed by atoms with Gasteiger partial charge < -0.3 is 9.73 Å². The zero-order valence-corrected chi connectivity index (χ0v) is 17.7. The van der Waals surface area contributed by atoms with E-state index in [2.05, 4.69) is 15.6 Å². The SMILES string of the molecule is O=C(NC(=S)Nc1ccc2oc(-c3cc(F)c(F)cc3Cl)nc2c1)c1cccc(Cl)c1. The van der Waals surface area contributed by atoms with Crippen molar-refractivity contribution >= 4 is 63.2 Å². The number of nitrogens with one attached hydrogen (secondary N) is 2. The Balaban J connectivity index is 1.52. The molecule has 4 rings (SSSR count). The maximum atomic E-state index is 13.6. The summed E-state index contributed by atoms with van der Waals surface area (Å²) in [5, 5.41) is 5.89. The van der Waals surface area contributed by atoms with Gasteiger partial charge in [0.15, 0.2) is 22.3 Å². The molecule has 0 radical (unpaired) electrons. The van der Waals surface area contributed by atoms with Gasteiger partial charge in [0.2, 0.25) is 5.89 Å². The molecule has 5 nitrogen and oxygen atoms in total. The lowest BCUT2D eigenvalue weighted by atomic mass is 10.2. The molecule has 0 fully saturated rings. The number of amides is 1. The predicted molar refractivity (Wildman–Crippen MR) is 120 cm³/mol. The van der Waals surface area contributed by atoms with E-state index >= 15 is 0 Å². The van der Waals surface area contributed by atoms with Gasteiger partial charge in [-0.3, -0.25) is 10.1 Å². The molecular formula is C21H11Cl2F2N3O2S. The minimum absolute atomic E-state index is 0.0336. The Kier molecular flexibility index (Phi) is 5.86. The number of oxazole rings is 1. The molecule has 1 aromatic heterocycles. The lowest BCUT2D eigenvalue weighted by Crippen LogP contribution is -2.34. The molecule has 0 spiro atoms. The first-order valence-corrected chi connectivity index (χ1v) is 9.90. The summed E-state index contributed by atoms with van der Waals surface area (Å²) in [5.41, 5.74) is 1.83. The van der Waals surface area contributed by atoms with E-state index in [0.29, 0.717) is 27.4 Å². The summed E-state index contributed by atoms with van der Waals surface area (Å²) in [6.07, 6.45) is 0. The molecule has 2 N–H and O–H groups in total. The maximum Gasteiger partial charge on any atom is 0.257 e. The molecule has 3 aromatic carbocycles. The Hall–Kier alpha value is -3.07. The zero-order chi connectivity index (χ0) is 22.1. The van der Waals surface area contributed by atoms with Crippen molar-refractivity contribution in [3.8, 4) is 11.5 Å². The highest BCUT2D eigenvalue weighted by molar-refractivity contribution is 7.80. The van der Waals surface area contributed by atoms with Crippen LogP contribution in [-0.2, 0) is 0 Å². The predicted octanol–water partition coefficient (Wildman–Crippen LogP) is 6.21. The van der Waals surface area contributed by atoms with Crippen LogP contribution < -0.4 is 10.6 Å². The van der Waals surface area contributed by atoms with Crippen LogP contribution in [0.2, 0.25) is 10.0 Å². The largest absolute Gasteiger partial charge is 0.436 e. The van der Waals surface area contributed by atoms with Gasteiger partial charge in [-0.2, -0.15) is 0 Å². The minimum atomic E-state index is -1.07. The lowest BCUT2D eigenvalue weighted by molar-refractivity contribution is 0.0977. The van der Waals surface area contributed by atoms with E-state index in [1.165, 1.54) is 6.07 Å². The van der Waals surface area contributed by atoms with Crippen molar-refractivity contribution in [2.24, 2.45) is 0 Å².